The minimum Gasteiger partial charge on any atom is -0.350 e. The SMILES string of the molecule is C[C@@H](NC(=O)CC1CC2CCC(C1)N2)c1cccc(Cl)c1.Cl. The molecule has 1 aromatic carbocycles. The lowest BCUT2D eigenvalue weighted by Crippen LogP contribution is -2.40. The quantitative estimate of drug-likeness (QED) is 0.872. The van der Waals surface area contributed by atoms with Crippen LogP contribution >= 0.6 is 24.0 Å². The molecule has 22 heavy (non-hydrogen) atoms. The number of hydrogen-bond donors (Lipinski definition) is 2. The highest BCUT2D eigenvalue weighted by Crippen LogP contribution is 2.32. The molecule has 1 aromatic rings. The Kier molecular flexibility index (Phi) is 6.13. The first-order valence-electron chi connectivity index (χ1n) is 7.91. The lowest BCUT2D eigenvalue weighted by Gasteiger charge is -2.29. The van der Waals surface area contributed by atoms with E-state index in [1.54, 1.807) is 0 Å². The standard InChI is InChI=1S/C17H23ClN2O.ClH/c1-11(13-3-2-4-14(18)10-13)19-17(21)9-12-7-15-5-6-16(8-12)20-15;/h2-4,10-12,15-16,20H,5-9H2,1H3,(H,19,21);1H/t11-,12?,15?,16?;/m1./s1. The predicted octanol–water partition coefficient (Wildman–Crippen LogP) is 3.86. The van der Waals surface area contributed by atoms with E-state index < -0.39 is 0 Å². The molecule has 122 valence electrons. The molecule has 2 aliphatic heterocycles. The van der Waals surface area contributed by atoms with Crippen molar-refractivity contribution in [2.75, 3.05) is 0 Å². The summed E-state index contributed by atoms with van der Waals surface area (Å²) in [5.41, 5.74) is 1.06. The molecule has 3 rings (SSSR count). The van der Waals surface area contributed by atoms with E-state index in [0.717, 1.165) is 18.4 Å². The maximum atomic E-state index is 12.2. The van der Waals surface area contributed by atoms with Crippen LogP contribution in [0.5, 0.6) is 0 Å². The van der Waals surface area contributed by atoms with Crippen molar-refractivity contribution >= 4 is 29.9 Å². The van der Waals surface area contributed by atoms with Crippen molar-refractivity contribution in [3.63, 3.8) is 0 Å². The number of rotatable bonds is 4. The maximum Gasteiger partial charge on any atom is 0.220 e. The molecular weight excluding hydrogens is 319 g/mol. The van der Waals surface area contributed by atoms with Crippen LogP contribution in [0.25, 0.3) is 0 Å². The zero-order valence-electron chi connectivity index (χ0n) is 12.8. The van der Waals surface area contributed by atoms with Crippen LogP contribution < -0.4 is 10.6 Å². The van der Waals surface area contributed by atoms with Gasteiger partial charge in [-0.05, 0) is 56.2 Å². The molecule has 2 fully saturated rings. The van der Waals surface area contributed by atoms with Crippen LogP contribution in [-0.2, 0) is 4.79 Å². The minimum absolute atomic E-state index is 0. The van der Waals surface area contributed by atoms with Crippen LogP contribution in [0.15, 0.2) is 24.3 Å². The Bertz CT molecular complexity index is 511. The second-order valence-corrected chi connectivity index (χ2v) is 6.96. The molecule has 0 aliphatic carbocycles. The molecule has 2 saturated heterocycles. The number of halogens is 2. The highest BCUT2D eigenvalue weighted by Gasteiger charge is 2.34. The first-order valence-corrected chi connectivity index (χ1v) is 8.29. The average Bonchev–Trinajstić information content (AvgIpc) is 2.77. The first-order chi connectivity index (χ1) is 10.1. The highest BCUT2D eigenvalue weighted by atomic mass is 35.5. The summed E-state index contributed by atoms with van der Waals surface area (Å²) in [6, 6.07) is 8.99. The second-order valence-electron chi connectivity index (χ2n) is 6.52. The third kappa shape index (κ3) is 4.37. The summed E-state index contributed by atoms with van der Waals surface area (Å²) in [7, 11) is 0. The van der Waals surface area contributed by atoms with Crippen LogP contribution in [0.1, 0.15) is 50.6 Å². The smallest absolute Gasteiger partial charge is 0.220 e. The van der Waals surface area contributed by atoms with Crippen LogP contribution in [0.2, 0.25) is 5.02 Å². The first kappa shape index (κ1) is 17.6. The molecule has 2 heterocycles. The molecule has 3 nitrogen and oxygen atoms in total. The van der Waals surface area contributed by atoms with E-state index in [1.165, 1.54) is 12.8 Å². The largest absolute Gasteiger partial charge is 0.350 e. The summed E-state index contributed by atoms with van der Waals surface area (Å²) >= 11 is 6.00. The molecular formula is C17H24Cl2N2O. The topological polar surface area (TPSA) is 41.1 Å². The van der Waals surface area contributed by atoms with E-state index in [1.807, 2.05) is 31.2 Å². The van der Waals surface area contributed by atoms with Crippen molar-refractivity contribution in [2.24, 2.45) is 5.92 Å². The molecule has 5 heteroatoms. The van der Waals surface area contributed by atoms with Gasteiger partial charge in [-0.3, -0.25) is 4.79 Å². The summed E-state index contributed by atoms with van der Waals surface area (Å²) < 4.78 is 0. The van der Waals surface area contributed by atoms with Gasteiger partial charge in [0.25, 0.3) is 0 Å². The molecule has 3 atom stereocenters. The van der Waals surface area contributed by atoms with Gasteiger partial charge in [0.1, 0.15) is 0 Å². The van der Waals surface area contributed by atoms with Gasteiger partial charge in [0.15, 0.2) is 0 Å². The van der Waals surface area contributed by atoms with E-state index >= 15 is 0 Å². The molecule has 0 radical (unpaired) electrons. The van der Waals surface area contributed by atoms with Gasteiger partial charge in [0.05, 0.1) is 6.04 Å². The van der Waals surface area contributed by atoms with Crippen molar-refractivity contribution in [2.45, 2.75) is 57.2 Å². The molecule has 0 saturated carbocycles. The van der Waals surface area contributed by atoms with Gasteiger partial charge >= 0.3 is 0 Å². The molecule has 0 spiro atoms. The fourth-order valence-electron chi connectivity index (χ4n) is 3.76. The van der Waals surface area contributed by atoms with Crippen molar-refractivity contribution < 1.29 is 4.79 Å². The van der Waals surface area contributed by atoms with Gasteiger partial charge in [-0.25, -0.2) is 0 Å². The number of benzene rings is 1. The Labute approximate surface area is 143 Å². The zero-order valence-corrected chi connectivity index (χ0v) is 14.4. The van der Waals surface area contributed by atoms with Crippen LogP contribution in [0.3, 0.4) is 0 Å². The average molecular weight is 343 g/mol. The van der Waals surface area contributed by atoms with Crippen LogP contribution in [-0.4, -0.2) is 18.0 Å². The second kappa shape index (κ2) is 7.67. The van der Waals surface area contributed by atoms with E-state index in [9.17, 15) is 4.79 Å². The molecule has 2 aliphatic rings. The van der Waals surface area contributed by atoms with Gasteiger partial charge in [0, 0.05) is 23.5 Å². The van der Waals surface area contributed by atoms with Gasteiger partial charge in [-0.15, -0.1) is 12.4 Å². The maximum absolute atomic E-state index is 12.2. The Hall–Kier alpha value is -0.770. The van der Waals surface area contributed by atoms with E-state index in [2.05, 4.69) is 10.6 Å². The van der Waals surface area contributed by atoms with Crippen molar-refractivity contribution in [1.29, 1.82) is 0 Å². The van der Waals surface area contributed by atoms with Crippen molar-refractivity contribution in [3.8, 4) is 0 Å². The number of fused-ring (bicyclic) bond motifs is 2. The minimum atomic E-state index is 0. The Morgan fingerprint density at radius 3 is 2.68 bits per heavy atom. The number of nitrogens with one attached hydrogen (secondary N) is 2. The molecule has 2 unspecified atom stereocenters. The van der Waals surface area contributed by atoms with Crippen LogP contribution in [0.4, 0.5) is 0 Å². The number of hydrogen-bond acceptors (Lipinski definition) is 2. The summed E-state index contributed by atoms with van der Waals surface area (Å²) in [6.45, 7) is 2.01. The highest BCUT2D eigenvalue weighted by molar-refractivity contribution is 6.30. The van der Waals surface area contributed by atoms with Crippen molar-refractivity contribution in [3.05, 3.63) is 34.9 Å². The third-order valence-electron chi connectivity index (χ3n) is 4.77. The number of amides is 1. The summed E-state index contributed by atoms with van der Waals surface area (Å²) in [5, 5.41) is 7.43. The molecule has 0 aromatic heterocycles. The van der Waals surface area contributed by atoms with Gasteiger partial charge in [-0.1, -0.05) is 23.7 Å². The van der Waals surface area contributed by atoms with Gasteiger partial charge in [-0.2, -0.15) is 0 Å². The predicted molar refractivity (Wildman–Crippen MR) is 92.5 cm³/mol. The van der Waals surface area contributed by atoms with E-state index in [-0.39, 0.29) is 24.4 Å². The van der Waals surface area contributed by atoms with E-state index in [4.69, 9.17) is 11.6 Å². The molecule has 2 N–H and O–H groups in total. The zero-order chi connectivity index (χ0) is 14.8. The van der Waals surface area contributed by atoms with Crippen molar-refractivity contribution in [1.82, 2.24) is 10.6 Å². The molecule has 1 amide bonds. The summed E-state index contributed by atoms with van der Waals surface area (Å²) in [4.78, 5) is 12.2. The number of carbonyl (C=O) groups is 1. The number of carbonyl (C=O) groups excluding carboxylic acids is 1. The monoisotopic (exact) mass is 342 g/mol. The van der Waals surface area contributed by atoms with Gasteiger partial charge < -0.3 is 10.6 Å². The van der Waals surface area contributed by atoms with Gasteiger partial charge in [0.2, 0.25) is 5.91 Å². The third-order valence-corrected chi connectivity index (χ3v) is 5.01. The van der Waals surface area contributed by atoms with E-state index in [0.29, 0.717) is 29.4 Å². The Morgan fingerprint density at radius 1 is 1.36 bits per heavy atom. The Balaban J connectivity index is 0.00000176. The normalized spacial score (nSPS) is 27.8. The lowest BCUT2D eigenvalue weighted by molar-refractivity contribution is -0.122. The lowest BCUT2D eigenvalue weighted by atomic mass is 9.89. The van der Waals surface area contributed by atoms with Crippen LogP contribution in [0, 0.1) is 5.92 Å². The Morgan fingerprint density at radius 2 is 2.05 bits per heavy atom. The fourth-order valence-corrected chi connectivity index (χ4v) is 3.96. The fraction of sp³-hybridized carbons (Fsp3) is 0.588. The molecule has 2 bridgehead atoms. The summed E-state index contributed by atoms with van der Waals surface area (Å²) in [6.07, 6.45) is 5.51. The summed E-state index contributed by atoms with van der Waals surface area (Å²) in [5.74, 6) is 0.698. The number of piperidine rings is 1.